The van der Waals surface area contributed by atoms with Crippen molar-refractivity contribution in [3.8, 4) is 0 Å². The van der Waals surface area contributed by atoms with E-state index in [1.54, 1.807) is 5.01 Å². The summed E-state index contributed by atoms with van der Waals surface area (Å²) in [5.74, 6) is 0.383. The zero-order valence-electron chi connectivity index (χ0n) is 7.77. The minimum absolute atomic E-state index is 0.176. The monoisotopic (exact) mass is 176 g/mol. The molecule has 1 heterocycles. The van der Waals surface area contributed by atoms with Crippen molar-refractivity contribution < 1.29 is 0 Å². The third-order valence-corrected chi connectivity index (χ3v) is 2.87. The predicted octanol–water partition coefficient (Wildman–Crippen LogP) is 2.68. The van der Waals surface area contributed by atoms with Crippen LogP contribution >= 0.6 is 0 Å². The van der Waals surface area contributed by atoms with Crippen molar-refractivity contribution in [3.63, 3.8) is 0 Å². The second-order valence-corrected chi connectivity index (χ2v) is 3.51. The van der Waals surface area contributed by atoms with E-state index < -0.39 is 0 Å². The first-order chi connectivity index (χ1) is 6.25. The molecule has 0 saturated heterocycles. The standard InChI is InChI=1S/C10H12N2O/c1-7-8(2)12(11-13)10-6-4-3-5-9(7)10/h3-8H,1-2H3. The van der Waals surface area contributed by atoms with Crippen LogP contribution in [0.3, 0.4) is 0 Å². The largest absolute Gasteiger partial charge is 0.226 e. The molecule has 0 amide bonds. The molecule has 1 aliphatic rings. The average molecular weight is 176 g/mol. The van der Waals surface area contributed by atoms with Gasteiger partial charge in [-0.15, -0.1) is 4.91 Å². The molecular formula is C10H12N2O. The fourth-order valence-electron chi connectivity index (χ4n) is 1.89. The summed E-state index contributed by atoms with van der Waals surface area (Å²) in [4.78, 5) is 10.6. The van der Waals surface area contributed by atoms with Crippen LogP contribution in [0.4, 0.5) is 5.69 Å². The molecule has 1 aromatic carbocycles. The molecule has 0 saturated carbocycles. The van der Waals surface area contributed by atoms with E-state index in [1.165, 1.54) is 5.56 Å². The first kappa shape index (κ1) is 8.23. The highest BCUT2D eigenvalue weighted by atomic mass is 16.3. The number of nitroso groups, excluding NO2 is 1. The van der Waals surface area contributed by atoms with Crippen molar-refractivity contribution in [2.45, 2.75) is 25.8 Å². The summed E-state index contributed by atoms with van der Waals surface area (Å²) in [6.45, 7) is 4.14. The van der Waals surface area contributed by atoms with Crippen LogP contribution in [-0.2, 0) is 0 Å². The Morgan fingerprint density at radius 1 is 1.31 bits per heavy atom. The number of rotatable bonds is 1. The molecule has 0 bridgehead atoms. The maximum Gasteiger partial charge on any atom is 0.0665 e. The van der Waals surface area contributed by atoms with E-state index in [-0.39, 0.29) is 6.04 Å². The van der Waals surface area contributed by atoms with Crippen LogP contribution in [0.2, 0.25) is 0 Å². The lowest BCUT2D eigenvalue weighted by Crippen LogP contribution is -2.24. The van der Waals surface area contributed by atoms with Crippen LogP contribution in [0.25, 0.3) is 0 Å². The molecule has 1 aliphatic heterocycles. The zero-order chi connectivity index (χ0) is 9.42. The quantitative estimate of drug-likeness (QED) is 0.616. The first-order valence-corrected chi connectivity index (χ1v) is 4.47. The molecule has 1 aromatic rings. The Morgan fingerprint density at radius 2 is 2.00 bits per heavy atom. The lowest BCUT2D eigenvalue weighted by molar-refractivity contribution is 0.604. The molecule has 2 atom stereocenters. The molecular weight excluding hydrogens is 164 g/mol. The fourth-order valence-corrected chi connectivity index (χ4v) is 1.89. The van der Waals surface area contributed by atoms with Gasteiger partial charge < -0.3 is 0 Å². The normalized spacial score (nSPS) is 25.8. The fraction of sp³-hybridized carbons (Fsp3) is 0.400. The molecule has 0 fully saturated rings. The van der Waals surface area contributed by atoms with E-state index in [4.69, 9.17) is 0 Å². The van der Waals surface area contributed by atoms with Crippen molar-refractivity contribution >= 4 is 5.69 Å². The number of anilines is 1. The van der Waals surface area contributed by atoms with Gasteiger partial charge in [-0.25, -0.2) is 5.01 Å². The third-order valence-electron chi connectivity index (χ3n) is 2.87. The number of nitrogens with zero attached hydrogens (tertiary/aromatic N) is 2. The van der Waals surface area contributed by atoms with Crippen LogP contribution < -0.4 is 5.01 Å². The van der Waals surface area contributed by atoms with Crippen LogP contribution in [0.1, 0.15) is 25.3 Å². The maximum atomic E-state index is 10.6. The summed E-state index contributed by atoms with van der Waals surface area (Å²) < 4.78 is 0. The van der Waals surface area contributed by atoms with Crippen molar-refractivity contribution in [3.05, 3.63) is 34.7 Å². The average Bonchev–Trinajstić information content (AvgIpc) is 2.41. The van der Waals surface area contributed by atoms with Gasteiger partial charge >= 0.3 is 0 Å². The van der Waals surface area contributed by atoms with Gasteiger partial charge in [0, 0.05) is 5.92 Å². The molecule has 0 N–H and O–H groups in total. The Kier molecular flexibility index (Phi) is 1.79. The van der Waals surface area contributed by atoms with E-state index in [9.17, 15) is 4.91 Å². The van der Waals surface area contributed by atoms with Crippen LogP contribution in [-0.4, -0.2) is 6.04 Å². The van der Waals surface area contributed by atoms with Gasteiger partial charge in [0.1, 0.15) is 0 Å². The van der Waals surface area contributed by atoms with Gasteiger partial charge in [0.2, 0.25) is 0 Å². The van der Waals surface area contributed by atoms with Gasteiger partial charge in [0.05, 0.1) is 17.0 Å². The number of hydrogen-bond acceptors (Lipinski definition) is 2. The molecule has 2 rings (SSSR count). The Hall–Kier alpha value is -1.38. The number of para-hydroxylation sites is 1. The van der Waals surface area contributed by atoms with Gasteiger partial charge in [-0.05, 0) is 18.6 Å². The third kappa shape index (κ3) is 1.03. The second-order valence-electron chi connectivity index (χ2n) is 3.51. The molecule has 0 radical (unpaired) electrons. The van der Waals surface area contributed by atoms with Gasteiger partial charge in [-0.1, -0.05) is 25.1 Å². The molecule has 0 aliphatic carbocycles. The zero-order valence-corrected chi connectivity index (χ0v) is 7.77. The SMILES string of the molecule is CC1c2ccccc2N(N=O)C1C. The first-order valence-electron chi connectivity index (χ1n) is 4.47. The highest BCUT2D eigenvalue weighted by Crippen LogP contribution is 2.40. The Morgan fingerprint density at radius 3 is 2.69 bits per heavy atom. The number of benzene rings is 1. The van der Waals surface area contributed by atoms with E-state index >= 15 is 0 Å². The van der Waals surface area contributed by atoms with Gasteiger partial charge in [-0.3, -0.25) is 0 Å². The van der Waals surface area contributed by atoms with E-state index in [2.05, 4.69) is 18.3 Å². The minimum Gasteiger partial charge on any atom is -0.226 e. The van der Waals surface area contributed by atoms with Gasteiger partial charge in [0.25, 0.3) is 0 Å². The molecule has 13 heavy (non-hydrogen) atoms. The van der Waals surface area contributed by atoms with Crippen LogP contribution in [0.5, 0.6) is 0 Å². The summed E-state index contributed by atoms with van der Waals surface area (Å²) in [6.07, 6.45) is 0. The van der Waals surface area contributed by atoms with Crippen molar-refractivity contribution in [2.75, 3.05) is 5.01 Å². The predicted molar refractivity (Wildman–Crippen MR) is 52.6 cm³/mol. The number of hydrogen-bond donors (Lipinski definition) is 0. The van der Waals surface area contributed by atoms with E-state index in [0.717, 1.165) is 5.69 Å². The molecule has 3 nitrogen and oxygen atoms in total. The van der Waals surface area contributed by atoms with Crippen LogP contribution in [0, 0.1) is 4.91 Å². The molecule has 2 unspecified atom stereocenters. The number of fused-ring (bicyclic) bond motifs is 1. The second kappa shape index (κ2) is 2.83. The molecule has 0 spiro atoms. The van der Waals surface area contributed by atoms with Crippen LogP contribution in [0.15, 0.2) is 29.6 Å². The van der Waals surface area contributed by atoms with Crippen molar-refractivity contribution in [2.24, 2.45) is 5.29 Å². The smallest absolute Gasteiger partial charge is 0.0665 e. The Balaban J connectivity index is 2.53. The summed E-state index contributed by atoms with van der Waals surface area (Å²) in [6, 6.07) is 8.10. The summed E-state index contributed by atoms with van der Waals surface area (Å²) >= 11 is 0. The maximum absolute atomic E-state index is 10.6. The van der Waals surface area contributed by atoms with Gasteiger partial charge in [0.15, 0.2) is 0 Å². The minimum atomic E-state index is 0.176. The van der Waals surface area contributed by atoms with E-state index in [1.807, 2.05) is 25.1 Å². The van der Waals surface area contributed by atoms with Gasteiger partial charge in [-0.2, -0.15) is 0 Å². The summed E-state index contributed by atoms with van der Waals surface area (Å²) in [5.41, 5.74) is 2.17. The van der Waals surface area contributed by atoms with E-state index in [0.29, 0.717) is 5.92 Å². The van der Waals surface area contributed by atoms with Crippen molar-refractivity contribution in [1.29, 1.82) is 0 Å². The Bertz CT molecular complexity index is 337. The topological polar surface area (TPSA) is 32.7 Å². The molecule has 68 valence electrons. The summed E-state index contributed by atoms with van der Waals surface area (Å²) in [7, 11) is 0. The lowest BCUT2D eigenvalue weighted by Gasteiger charge is -2.15. The summed E-state index contributed by atoms with van der Waals surface area (Å²) in [5, 5.41) is 4.60. The highest BCUT2D eigenvalue weighted by molar-refractivity contribution is 5.60. The molecule has 3 heteroatoms. The highest BCUT2D eigenvalue weighted by Gasteiger charge is 2.33. The lowest BCUT2D eigenvalue weighted by atomic mass is 9.99. The van der Waals surface area contributed by atoms with Crippen molar-refractivity contribution in [1.82, 2.24) is 0 Å². The Labute approximate surface area is 77.3 Å². The molecule has 0 aromatic heterocycles.